The molecule has 82 valence electrons. The van der Waals surface area contributed by atoms with Gasteiger partial charge in [0.25, 0.3) is 0 Å². The van der Waals surface area contributed by atoms with E-state index in [0.29, 0.717) is 19.5 Å². The molecule has 0 aromatic carbocycles. The average Bonchev–Trinajstić information content (AvgIpc) is 2.75. The molecule has 1 aliphatic rings. The van der Waals surface area contributed by atoms with Gasteiger partial charge in [0.2, 0.25) is 5.91 Å². The Morgan fingerprint density at radius 1 is 1.60 bits per heavy atom. The molecular weight excluding hydrogens is 196 g/mol. The van der Waals surface area contributed by atoms with E-state index in [1.165, 1.54) is 7.11 Å². The van der Waals surface area contributed by atoms with Crippen LogP contribution in [0.2, 0.25) is 0 Å². The first kappa shape index (κ1) is 11.5. The maximum atomic E-state index is 11.6. The smallest absolute Gasteiger partial charge is 0.310 e. The van der Waals surface area contributed by atoms with Crippen molar-refractivity contribution in [3.63, 3.8) is 0 Å². The van der Waals surface area contributed by atoms with Crippen LogP contribution in [0.1, 0.15) is 13.3 Å². The number of carbonyl (C=O) groups is 2. The second kappa shape index (κ2) is 4.78. The van der Waals surface area contributed by atoms with Crippen LogP contribution in [-0.2, 0) is 14.3 Å². The van der Waals surface area contributed by atoms with E-state index in [4.69, 9.17) is 5.26 Å². The number of hydrogen-bond donors (Lipinski definition) is 0. The van der Waals surface area contributed by atoms with Crippen molar-refractivity contribution in [1.29, 1.82) is 5.26 Å². The lowest BCUT2D eigenvalue weighted by atomic mass is 10.1. The molecule has 0 aromatic heterocycles. The predicted octanol–water partition coefficient (Wildman–Crippen LogP) is 0.168. The third-order valence-corrected chi connectivity index (χ3v) is 2.60. The average molecular weight is 210 g/mol. The number of carbonyl (C=O) groups excluding carboxylic acids is 2. The Bertz CT molecular complexity index is 308. The van der Waals surface area contributed by atoms with E-state index < -0.39 is 5.92 Å². The fourth-order valence-corrected chi connectivity index (χ4v) is 1.65. The van der Waals surface area contributed by atoms with Crippen LogP contribution in [-0.4, -0.2) is 37.0 Å². The molecule has 0 N–H and O–H groups in total. The van der Waals surface area contributed by atoms with Crippen LogP contribution >= 0.6 is 0 Å². The number of ether oxygens (including phenoxy) is 1. The number of nitrogens with zero attached hydrogens (tertiary/aromatic N) is 2. The van der Waals surface area contributed by atoms with Crippen molar-refractivity contribution in [2.75, 3.05) is 20.2 Å². The van der Waals surface area contributed by atoms with E-state index in [0.717, 1.165) is 0 Å². The lowest BCUT2D eigenvalue weighted by molar-refractivity contribution is -0.145. The number of rotatable bonds is 2. The van der Waals surface area contributed by atoms with Gasteiger partial charge in [-0.25, -0.2) is 0 Å². The highest BCUT2D eigenvalue weighted by Gasteiger charge is 2.33. The second-order valence-electron chi connectivity index (χ2n) is 3.64. The summed E-state index contributed by atoms with van der Waals surface area (Å²) in [5.41, 5.74) is 0. The van der Waals surface area contributed by atoms with E-state index in [1.807, 2.05) is 6.07 Å². The van der Waals surface area contributed by atoms with Crippen LogP contribution in [0.25, 0.3) is 0 Å². The van der Waals surface area contributed by atoms with Gasteiger partial charge >= 0.3 is 5.97 Å². The first-order chi connectivity index (χ1) is 7.10. The Kier molecular flexibility index (Phi) is 3.67. The van der Waals surface area contributed by atoms with Crippen LogP contribution in [0.5, 0.6) is 0 Å². The van der Waals surface area contributed by atoms with Gasteiger partial charge in [-0.1, -0.05) is 0 Å². The Morgan fingerprint density at radius 2 is 2.27 bits per heavy atom. The summed E-state index contributed by atoms with van der Waals surface area (Å²) in [6.45, 7) is 2.47. The number of amides is 1. The molecule has 2 atom stereocenters. The summed E-state index contributed by atoms with van der Waals surface area (Å²) in [6, 6.07) is 1.89. The van der Waals surface area contributed by atoms with Crippen molar-refractivity contribution in [1.82, 2.24) is 4.90 Å². The summed E-state index contributed by atoms with van der Waals surface area (Å²) in [7, 11) is 1.34. The monoisotopic (exact) mass is 210 g/mol. The van der Waals surface area contributed by atoms with E-state index in [9.17, 15) is 9.59 Å². The molecule has 0 radical (unpaired) electrons. The van der Waals surface area contributed by atoms with Gasteiger partial charge in [0.1, 0.15) is 5.92 Å². The number of methoxy groups -OCH3 is 1. The third kappa shape index (κ3) is 2.46. The van der Waals surface area contributed by atoms with E-state index in [2.05, 4.69) is 4.74 Å². The Hall–Kier alpha value is -1.57. The molecule has 1 fully saturated rings. The zero-order valence-electron chi connectivity index (χ0n) is 8.90. The molecule has 5 nitrogen and oxygen atoms in total. The van der Waals surface area contributed by atoms with Gasteiger partial charge in [-0.2, -0.15) is 5.26 Å². The molecule has 1 aliphatic heterocycles. The third-order valence-electron chi connectivity index (χ3n) is 2.60. The molecule has 0 aromatic rings. The summed E-state index contributed by atoms with van der Waals surface area (Å²) < 4.78 is 4.61. The van der Waals surface area contributed by atoms with Gasteiger partial charge in [0, 0.05) is 13.1 Å². The van der Waals surface area contributed by atoms with Gasteiger partial charge in [-0.3, -0.25) is 9.59 Å². The number of hydrogen-bond acceptors (Lipinski definition) is 4. The Labute approximate surface area is 88.6 Å². The maximum Gasteiger partial charge on any atom is 0.310 e. The standard InChI is InChI=1S/C10H14N2O3/c1-7(5-11)9(13)12-4-3-8(6-12)10(14)15-2/h7-8H,3-4,6H2,1-2H3. The minimum absolute atomic E-state index is 0.205. The topological polar surface area (TPSA) is 70.4 Å². The molecule has 5 heteroatoms. The number of esters is 1. The molecule has 1 amide bonds. The van der Waals surface area contributed by atoms with Gasteiger partial charge in [0.05, 0.1) is 19.1 Å². The molecule has 0 bridgehead atoms. The molecule has 0 aliphatic carbocycles. The van der Waals surface area contributed by atoms with Crippen molar-refractivity contribution < 1.29 is 14.3 Å². The summed E-state index contributed by atoms with van der Waals surface area (Å²) >= 11 is 0. The van der Waals surface area contributed by atoms with Crippen LogP contribution in [0.4, 0.5) is 0 Å². The maximum absolute atomic E-state index is 11.6. The normalized spacial score (nSPS) is 21.9. The highest BCUT2D eigenvalue weighted by Crippen LogP contribution is 2.19. The molecule has 2 unspecified atom stereocenters. The summed E-state index contributed by atoms with van der Waals surface area (Å²) in [5.74, 6) is -1.36. The van der Waals surface area contributed by atoms with Crippen molar-refractivity contribution in [3.8, 4) is 6.07 Å². The lowest BCUT2D eigenvalue weighted by Gasteiger charge is -2.16. The SMILES string of the molecule is COC(=O)C1CCN(C(=O)C(C)C#N)C1. The van der Waals surface area contributed by atoms with Gasteiger partial charge in [0.15, 0.2) is 0 Å². The van der Waals surface area contributed by atoms with Gasteiger partial charge in [-0.15, -0.1) is 0 Å². The second-order valence-corrected chi connectivity index (χ2v) is 3.64. The van der Waals surface area contributed by atoms with Crippen LogP contribution in [0, 0.1) is 23.2 Å². The molecule has 0 saturated carbocycles. The molecular formula is C10H14N2O3. The fraction of sp³-hybridized carbons (Fsp3) is 0.700. The summed E-state index contributed by atoms with van der Waals surface area (Å²) in [4.78, 5) is 24.3. The van der Waals surface area contributed by atoms with Gasteiger partial charge < -0.3 is 9.64 Å². The van der Waals surface area contributed by atoms with Crippen LogP contribution < -0.4 is 0 Å². The fourth-order valence-electron chi connectivity index (χ4n) is 1.65. The zero-order valence-corrected chi connectivity index (χ0v) is 8.90. The van der Waals surface area contributed by atoms with E-state index in [-0.39, 0.29) is 17.8 Å². The minimum atomic E-state index is -0.638. The van der Waals surface area contributed by atoms with Crippen molar-refractivity contribution in [2.45, 2.75) is 13.3 Å². The Balaban J connectivity index is 2.54. The first-order valence-corrected chi connectivity index (χ1v) is 4.86. The summed E-state index contributed by atoms with van der Waals surface area (Å²) in [5, 5.41) is 8.60. The zero-order chi connectivity index (χ0) is 11.4. The molecule has 15 heavy (non-hydrogen) atoms. The highest BCUT2D eigenvalue weighted by atomic mass is 16.5. The lowest BCUT2D eigenvalue weighted by Crippen LogP contribution is -2.33. The molecule has 1 heterocycles. The Morgan fingerprint density at radius 3 is 2.80 bits per heavy atom. The van der Waals surface area contributed by atoms with Crippen molar-refractivity contribution in [3.05, 3.63) is 0 Å². The molecule has 1 rings (SSSR count). The minimum Gasteiger partial charge on any atom is -0.469 e. The van der Waals surface area contributed by atoms with Gasteiger partial charge in [-0.05, 0) is 13.3 Å². The largest absolute Gasteiger partial charge is 0.469 e. The van der Waals surface area contributed by atoms with Crippen LogP contribution in [0.15, 0.2) is 0 Å². The van der Waals surface area contributed by atoms with Crippen LogP contribution in [0.3, 0.4) is 0 Å². The van der Waals surface area contributed by atoms with E-state index >= 15 is 0 Å². The predicted molar refractivity (Wildman–Crippen MR) is 51.5 cm³/mol. The molecule has 1 saturated heterocycles. The molecule has 0 spiro atoms. The van der Waals surface area contributed by atoms with E-state index in [1.54, 1.807) is 11.8 Å². The van der Waals surface area contributed by atoms with Crippen molar-refractivity contribution >= 4 is 11.9 Å². The van der Waals surface area contributed by atoms with Crippen molar-refractivity contribution in [2.24, 2.45) is 11.8 Å². The first-order valence-electron chi connectivity index (χ1n) is 4.86. The number of likely N-dealkylation sites (tertiary alicyclic amines) is 1. The highest BCUT2D eigenvalue weighted by molar-refractivity contribution is 5.82. The number of nitriles is 1. The summed E-state index contributed by atoms with van der Waals surface area (Å²) in [6.07, 6.45) is 0.622. The quantitative estimate of drug-likeness (QED) is 0.609.